The molecule has 1 aromatic carbocycles. The molecule has 1 atom stereocenters. The van der Waals surface area contributed by atoms with Gasteiger partial charge in [-0.2, -0.15) is 0 Å². The Morgan fingerprint density at radius 3 is 2.62 bits per heavy atom. The van der Waals surface area contributed by atoms with E-state index in [-0.39, 0.29) is 11.9 Å². The highest BCUT2D eigenvalue weighted by atomic mass is 31.2. The van der Waals surface area contributed by atoms with Gasteiger partial charge in [0.15, 0.2) is 7.60 Å². The predicted molar refractivity (Wildman–Crippen MR) is 93.6 cm³/mol. The van der Waals surface area contributed by atoms with Gasteiger partial charge in [-0.25, -0.2) is 4.58 Å². The fraction of sp³-hybridized carbons (Fsp3) is 0.278. The molecule has 126 valence electrons. The summed E-state index contributed by atoms with van der Waals surface area (Å²) in [6, 6.07) is 11.0. The van der Waals surface area contributed by atoms with Crippen molar-refractivity contribution in [2.45, 2.75) is 13.8 Å². The monoisotopic (exact) mass is 345 g/mol. The van der Waals surface area contributed by atoms with Crippen molar-refractivity contribution in [2.24, 2.45) is 0 Å². The molecule has 1 heterocycles. The molecule has 24 heavy (non-hydrogen) atoms. The zero-order chi connectivity index (χ0) is 17.5. The van der Waals surface area contributed by atoms with Crippen LogP contribution in [0.15, 0.2) is 40.8 Å². The number of hydrogen-bond acceptors (Lipinski definition) is 4. The standard InChI is InChI=1S/C18H20NO4P/c1-5-22-24(20,21)18-14-8-6-12(2)10-16(14)23-17-11-13(19(3)4)7-9-15(17)18/h6-11H,5H2,1-4H3. The first kappa shape index (κ1) is 16.9. The van der Waals surface area contributed by atoms with Crippen molar-refractivity contribution in [3.8, 4) is 11.3 Å². The third-order valence-electron chi connectivity index (χ3n) is 3.92. The van der Waals surface area contributed by atoms with E-state index in [1.807, 2.05) is 49.9 Å². The van der Waals surface area contributed by atoms with Gasteiger partial charge >= 0.3 is 0 Å². The van der Waals surface area contributed by atoms with Gasteiger partial charge in [0, 0.05) is 22.3 Å². The summed E-state index contributed by atoms with van der Waals surface area (Å²) < 4.78 is 25.7. The second-order valence-electron chi connectivity index (χ2n) is 5.94. The fourth-order valence-corrected chi connectivity index (χ4v) is 4.20. The molecular weight excluding hydrogens is 325 g/mol. The molecule has 1 aliphatic heterocycles. The highest BCUT2D eigenvalue weighted by molar-refractivity contribution is 7.60. The first-order valence-electron chi connectivity index (χ1n) is 7.77. The quantitative estimate of drug-likeness (QED) is 0.414. The summed E-state index contributed by atoms with van der Waals surface area (Å²) in [6.07, 6.45) is 0. The lowest BCUT2D eigenvalue weighted by Gasteiger charge is -2.27. The molecule has 3 rings (SSSR count). The van der Waals surface area contributed by atoms with Gasteiger partial charge in [-0.1, -0.05) is 12.1 Å². The van der Waals surface area contributed by atoms with Gasteiger partial charge in [0.05, 0.1) is 12.7 Å². The van der Waals surface area contributed by atoms with E-state index in [4.69, 9.17) is 8.94 Å². The van der Waals surface area contributed by atoms with E-state index in [0.29, 0.717) is 22.3 Å². The molecule has 2 aliphatic rings. The van der Waals surface area contributed by atoms with Crippen LogP contribution < -0.4 is 20.1 Å². The fourth-order valence-electron chi connectivity index (χ4n) is 2.77. The Labute approximate surface area is 140 Å². The normalized spacial score (nSPS) is 14.0. The van der Waals surface area contributed by atoms with Crippen LogP contribution in [0.2, 0.25) is 0 Å². The summed E-state index contributed by atoms with van der Waals surface area (Å²) in [6.45, 7) is 3.70. The molecule has 0 N–H and O–H groups in total. The highest BCUT2D eigenvalue weighted by Crippen LogP contribution is 2.43. The summed E-state index contributed by atoms with van der Waals surface area (Å²) in [5.41, 5.74) is 2.06. The van der Waals surface area contributed by atoms with Gasteiger partial charge in [0.25, 0.3) is 0 Å². The van der Waals surface area contributed by atoms with Crippen molar-refractivity contribution in [1.82, 2.24) is 4.58 Å². The van der Waals surface area contributed by atoms with Crippen molar-refractivity contribution in [3.63, 3.8) is 0 Å². The lowest BCUT2D eigenvalue weighted by atomic mass is 10.1. The Morgan fingerprint density at radius 1 is 1.21 bits per heavy atom. The van der Waals surface area contributed by atoms with Crippen molar-refractivity contribution in [2.75, 3.05) is 20.7 Å². The average molecular weight is 345 g/mol. The first-order chi connectivity index (χ1) is 11.3. The molecule has 5 nitrogen and oxygen atoms in total. The second kappa shape index (κ2) is 6.17. The molecule has 0 bridgehead atoms. The van der Waals surface area contributed by atoms with Crippen LogP contribution in [0, 0.1) is 6.92 Å². The zero-order valence-corrected chi connectivity index (χ0v) is 15.1. The Balaban J connectivity index is 2.50. The summed E-state index contributed by atoms with van der Waals surface area (Å²) in [7, 11) is -0.368. The first-order valence-corrected chi connectivity index (χ1v) is 9.31. The third-order valence-corrected chi connectivity index (χ3v) is 5.55. The number of rotatable bonds is 3. The molecule has 1 aliphatic carbocycles. The van der Waals surface area contributed by atoms with Gasteiger partial charge < -0.3 is 18.4 Å². The van der Waals surface area contributed by atoms with Gasteiger partial charge in [-0.3, -0.25) is 0 Å². The molecule has 6 heteroatoms. The topological polar surface area (TPSA) is 65.5 Å². The van der Waals surface area contributed by atoms with Crippen LogP contribution in [0.5, 0.6) is 0 Å². The minimum Gasteiger partial charge on any atom is -0.775 e. The highest BCUT2D eigenvalue weighted by Gasteiger charge is 2.24. The molecule has 0 amide bonds. The van der Waals surface area contributed by atoms with Crippen LogP contribution in [-0.2, 0) is 9.09 Å². The van der Waals surface area contributed by atoms with Crippen LogP contribution in [0.4, 0.5) is 0 Å². The molecule has 1 aromatic rings. The van der Waals surface area contributed by atoms with E-state index >= 15 is 0 Å². The van der Waals surface area contributed by atoms with Gasteiger partial charge in [-0.15, -0.1) is 0 Å². The van der Waals surface area contributed by atoms with E-state index in [0.717, 1.165) is 10.9 Å². The van der Waals surface area contributed by atoms with Crippen molar-refractivity contribution >= 4 is 23.9 Å². The average Bonchev–Trinajstić information content (AvgIpc) is 2.51. The molecule has 0 aromatic heterocycles. The Morgan fingerprint density at radius 2 is 1.96 bits per heavy atom. The zero-order valence-electron chi connectivity index (χ0n) is 14.2. The van der Waals surface area contributed by atoms with Crippen molar-refractivity contribution in [3.05, 3.63) is 47.3 Å². The maximum absolute atomic E-state index is 12.7. The predicted octanol–water partition coefficient (Wildman–Crippen LogP) is 2.09. The third kappa shape index (κ3) is 2.91. The lowest BCUT2D eigenvalue weighted by molar-refractivity contribution is -0.193. The van der Waals surface area contributed by atoms with Crippen molar-refractivity contribution in [1.29, 1.82) is 0 Å². The number of benzene rings is 2. The molecule has 0 fully saturated rings. The van der Waals surface area contributed by atoms with Crippen molar-refractivity contribution < 1.29 is 18.4 Å². The van der Waals surface area contributed by atoms with E-state index in [9.17, 15) is 9.46 Å². The number of hydrogen-bond donors (Lipinski definition) is 0. The molecule has 1 unspecified atom stereocenters. The van der Waals surface area contributed by atoms with Crippen LogP contribution >= 0.6 is 7.60 Å². The van der Waals surface area contributed by atoms with E-state index in [1.165, 1.54) is 0 Å². The van der Waals surface area contributed by atoms with Gasteiger partial charge in [0.2, 0.25) is 5.36 Å². The van der Waals surface area contributed by atoms with Crippen LogP contribution in [0.25, 0.3) is 22.3 Å². The molecule has 0 saturated heterocycles. The van der Waals surface area contributed by atoms with Crippen LogP contribution in [-0.4, -0.2) is 20.7 Å². The van der Waals surface area contributed by atoms with Crippen LogP contribution in [0.3, 0.4) is 0 Å². The summed E-state index contributed by atoms with van der Waals surface area (Å²) in [4.78, 5) is 12.7. The second-order valence-corrected chi connectivity index (χ2v) is 7.64. The SMILES string of the molecule is CCOP(=O)([O-])c1c2ccc(=[N+](C)C)cc-2oc2cc(C)ccc12. The minimum atomic E-state index is -4.21. The maximum Gasteiger partial charge on any atom is 0.203 e. The Kier molecular flexibility index (Phi) is 4.35. The smallest absolute Gasteiger partial charge is 0.203 e. The van der Waals surface area contributed by atoms with E-state index < -0.39 is 7.60 Å². The largest absolute Gasteiger partial charge is 0.775 e. The number of fused-ring (bicyclic) bond motifs is 2. The molecule has 0 radical (unpaired) electrons. The summed E-state index contributed by atoms with van der Waals surface area (Å²) in [5, 5.41) is 1.66. The van der Waals surface area contributed by atoms with Gasteiger partial charge in [-0.05, 0) is 31.5 Å². The molecule has 0 saturated carbocycles. The Hall–Kier alpha value is -1.94. The lowest BCUT2D eigenvalue weighted by Crippen LogP contribution is -2.25. The summed E-state index contributed by atoms with van der Waals surface area (Å²) >= 11 is 0. The minimum absolute atomic E-state index is 0.0947. The van der Waals surface area contributed by atoms with E-state index in [1.54, 1.807) is 19.1 Å². The number of nitrogens with zero attached hydrogens (tertiary/aromatic N) is 1. The molecular formula is C18H20NO4P. The van der Waals surface area contributed by atoms with Crippen LogP contribution in [0.1, 0.15) is 12.5 Å². The number of aryl methyl sites for hydroxylation is 1. The maximum atomic E-state index is 12.7. The van der Waals surface area contributed by atoms with E-state index in [2.05, 4.69) is 0 Å². The molecule has 0 spiro atoms. The Bertz CT molecular complexity index is 1000. The summed E-state index contributed by atoms with van der Waals surface area (Å²) in [5.74, 6) is 0.519. The van der Waals surface area contributed by atoms with Gasteiger partial charge in [0.1, 0.15) is 25.4 Å².